The second kappa shape index (κ2) is 5.07. The van der Waals surface area contributed by atoms with Crippen molar-refractivity contribution in [3.8, 4) is 22.8 Å². The van der Waals surface area contributed by atoms with Crippen LogP contribution in [0.5, 0.6) is 0 Å². The number of benzene rings is 1. The van der Waals surface area contributed by atoms with E-state index in [2.05, 4.69) is 15.0 Å². The van der Waals surface area contributed by atoms with Crippen LogP contribution in [0.15, 0.2) is 41.2 Å². The highest BCUT2D eigenvalue weighted by atomic mass is 35.5. The van der Waals surface area contributed by atoms with Gasteiger partial charge in [0.15, 0.2) is 5.82 Å². The van der Waals surface area contributed by atoms with E-state index in [1.54, 1.807) is 5.51 Å². The van der Waals surface area contributed by atoms with E-state index in [-0.39, 0.29) is 0 Å². The van der Waals surface area contributed by atoms with Crippen molar-refractivity contribution in [1.82, 2.24) is 15.0 Å². The summed E-state index contributed by atoms with van der Waals surface area (Å²) in [5.74, 6) is 0.565. The first-order valence-corrected chi connectivity index (χ1v) is 7.06. The molecule has 0 aliphatic carbocycles. The summed E-state index contributed by atoms with van der Waals surface area (Å²) in [6.45, 7) is 1.93. The number of halogens is 1. The van der Waals surface area contributed by atoms with Gasteiger partial charge >= 0.3 is 0 Å². The van der Waals surface area contributed by atoms with E-state index in [4.69, 9.17) is 11.6 Å². The lowest BCUT2D eigenvalue weighted by atomic mass is 10.1. The van der Waals surface area contributed by atoms with Gasteiger partial charge in [0.25, 0.3) is 0 Å². The van der Waals surface area contributed by atoms with Crippen molar-refractivity contribution >= 4 is 22.9 Å². The van der Waals surface area contributed by atoms with E-state index < -0.39 is 0 Å². The van der Waals surface area contributed by atoms with Crippen LogP contribution in [0.3, 0.4) is 0 Å². The molecule has 0 saturated heterocycles. The maximum Gasteiger partial charge on any atom is 0.181 e. The van der Waals surface area contributed by atoms with Gasteiger partial charge in [0.05, 0.1) is 11.2 Å². The number of hydrogen-bond donors (Lipinski definition) is 0. The van der Waals surface area contributed by atoms with Crippen LogP contribution in [0.2, 0.25) is 5.15 Å². The Balaban J connectivity index is 2.20. The molecule has 19 heavy (non-hydrogen) atoms. The molecular formula is C14H10ClN3S. The van der Waals surface area contributed by atoms with Crippen molar-refractivity contribution in [2.45, 2.75) is 6.92 Å². The molecule has 94 valence electrons. The maximum absolute atomic E-state index is 6.21. The predicted octanol–water partition coefficient (Wildman–Crippen LogP) is 4.23. The van der Waals surface area contributed by atoms with E-state index in [0.717, 1.165) is 22.5 Å². The third-order valence-corrected chi connectivity index (χ3v) is 3.75. The third-order valence-electron chi connectivity index (χ3n) is 2.80. The first kappa shape index (κ1) is 12.3. The van der Waals surface area contributed by atoms with Gasteiger partial charge in [-0.15, -0.1) is 11.3 Å². The van der Waals surface area contributed by atoms with Crippen molar-refractivity contribution in [2.24, 2.45) is 0 Å². The van der Waals surface area contributed by atoms with Crippen LogP contribution >= 0.6 is 22.9 Å². The Bertz CT molecular complexity index is 696. The van der Waals surface area contributed by atoms with Gasteiger partial charge in [0.2, 0.25) is 0 Å². The fourth-order valence-electron chi connectivity index (χ4n) is 1.80. The van der Waals surface area contributed by atoms with Crippen molar-refractivity contribution < 1.29 is 0 Å². The Labute approximate surface area is 120 Å². The monoisotopic (exact) mass is 287 g/mol. The molecule has 0 aliphatic rings. The fourth-order valence-corrected chi connectivity index (χ4v) is 2.50. The zero-order valence-electron chi connectivity index (χ0n) is 10.2. The van der Waals surface area contributed by atoms with Gasteiger partial charge in [-0.05, 0) is 6.92 Å². The smallest absolute Gasteiger partial charge is 0.181 e. The first-order valence-electron chi connectivity index (χ1n) is 5.74. The van der Waals surface area contributed by atoms with Gasteiger partial charge in [0, 0.05) is 16.5 Å². The second-order valence-corrected chi connectivity index (χ2v) is 5.13. The normalized spacial score (nSPS) is 10.6. The number of nitrogens with zero attached hydrogens (tertiary/aromatic N) is 3. The Hall–Kier alpha value is -1.78. The molecule has 3 aromatic rings. The molecule has 0 atom stereocenters. The van der Waals surface area contributed by atoms with Gasteiger partial charge < -0.3 is 0 Å². The average molecular weight is 288 g/mol. The molecule has 0 unspecified atom stereocenters. The van der Waals surface area contributed by atoms with E-state index in [1.165, 1.54) is 11.3 Å². The Morgan fingerprint density at radius 1 is 1.11 bits per heavy atom. The van der Waals surface area contributed by atoms with Gasteiger partial charge in [-0.2, -0.15) is 0 Å². The molecule has 0 amide bonds. The minimum absolute atomic E-state index is 0.469. The highest BCUT2D eigenvalue weighted by molar-refractivity contribution is 7.07. The maximum atomic E-state index is 6.21. The molecule has 2 heterocycles. The number of hydrogen-bond acceptors (Lipinski definition) is 4. The van der Waals surface area contributed by atoms with Crippen LogP contribution in [0.1, 0.15) is 5.56 Å². The van der Waals surface area contributed by atoms with Gasteiger partial charge in [-0.1, -0.05) is 41.9 Å². The SMILES string of the molecule is Cc1c(Cl)nc(-c2cscn2)nc1-c1ccccc1. The van der Waals surface area contributed by atoms with E-state index in [1.807, 2.05) is 42.6 Å². The van der Waals surface area contributed by atoms with Crippen LogP contribution in [-0.2, 0) is 0 Å². The topological polar surface area (TPSA) is 38.7 Å². The summed E-state index contributed by atoms with van der Waals surface area (Å²) in [7, 11) is 0. The molecule has 5 heteroatoms. The van der Waals surface area contributed by atoms with E-state index >= 15 is 0 Å². The lowest BCUT2D eigenvalue weighted by Crippen LogP contribution is -1.97. The zero-order chi connectivity index (χ0) is 13.2. The van der Waals surface area contributed by atoms with Gasteiger partial charge in [-0.25, -0.2) is 15.0 Å². The lowest BCUT2D eigenvalue weighted by molar-refractivity contribution is 1.13. The summed E-state index contributed by atoms with van der Waals surface area (Å²) in [6, 6.07) is 9.95. The third kappa shape index (κ3) is 2.37. The van der Waals surface area contributed by atoms with Crippen LogP contribution in [-0.4, -0.2) is 15.0 Å². The molecule has 0 N–H and O–H groups in total. The molecular weight excluding hydrogens is 278 g/mol. The number of thiazole rings is 1. The van der Waals surface area contributed by atoms with Crippen molar-refractivity contribution in [1.29, 1.82) is 0 Å². The van der Waals surface area contributed by atoms with Crippen molar-refractivity contribution in [3.63, 3.8) is 0 Å². The van der Waals surface area contributed by atoms with E-state index in [0.29, 0.717) is 11.0 Å². The Kier molecular flexibility index (Phi) is 3.27. The molecule has 2 aromatic heterocycles. The van der Waals surface area contributed by atoms with Gasteiger partial charge in [-0.3, -0.25) is 0 Å². The highest BCUT2D eigenvalue weighted by Gasteiger charge is 2.13. The van der Waals surface area contributed by atoms with E-state index in [9.17, 15) is 0 Å². The summed E-state index contributed by atoms with van der Waals surface area (Å²) >= 11 is 7.72. The molecule has 0 aliphatic heterocycles. The minimum Gasteiger partial charge on any atom is -0.241 e. The molecule has 0 radical (unpaired) electrons. The Morgan fingerprint density at radius 3 is 2.58 bits per heavy atom. The van der Waals surface area contributed by atoms with Gasteiger partial charge in [0.1, 0.15) is 10.8 Å². The van der Waals surface area contributed by atoms with Crippen LogP contribution < -0.4 is 0 Å². The quantitative estimate of drug-likeness (QED) is 0.662. The molecule has 0 saturated carbocycles. The van der Waals surface area contributed by atoms with Crippen LogP contribution in [0.25, 0.3) is 22.8 Å². The minimum atomic E-state index is 0.469. The highest BCUT2D eigenvalue weighted by Crippen LogP contribution is 2.28. The van der Waals surface area contributed by atoms with Crippen molar-refractivity contribution in [2.75, 3.05) is 0 Å². The summed E-state index contributed by atoms with van der Waals surface area (Å²) in [4.78, 5) is 13.1. The summed E-state index contributed by atoms with van der Waals surface area (Å²) in [5, 5.41) is 2.38. The second-order valence-electron chi connectivity index (χ2n) is 4.05. The molecule has 0 spiro atoms. The first-order chi connectivity index (χ1) is 9.25. The predicted molar refractivity (Wildman–Crippen MR) is 78.3 cm³/mol. The number of aromatic nitrogens is 3. The summed E-state index contributed by atoms with van der Waals surface area (Å²) in [5.41, 5.74) is 5.27. The molecule has 3 rings (SSSR count). The largest absolute Gasteiger partial charge is 0.241 e. The molecule has 0 fully saturated rings. The molecule has 0 bridgehead atoms. The molecule has 1 aromatic carbocycles. The lowest BCUT2D eigenvalue weighted by Gasteiger charge is -2.08. The number of rotatable bonds is 2. The Morgan fingerprint density at radius 2 is 1.89 bits per heavy atom. The summed E-state index contributed by atoms with van der Waals surface area (Å²) < 4.78 is 0. The van der Waals surface area contributed by atoms with Crippen molar-refractivity contribution in [3.05, 3.63) is 51.9 Å². The van der Waals surface area contributed by atoms with Crippen LogP contribution in [0.4, 0.5) is 0 Å². The molecule has 3 nitrogen and oxygen atoms in total. The zero-order valence-corrected chi connectivity index (χ0v) is 11.7. The standard InChI is InChI=1S/C14H10ClN3S/c1-9-12(10-5-3-2-4-6-10)17-14(18-13(9)15)11-7-19-8-16-11/h2-8H,1H3. The fraction of sp³-hybridized carbons (Fsp3) is 0.0714. The average Bonchev–Trinajstić information content (AvgIpc) is 2.97. The van der Waals surface area contributed by atoms with Crippen LogP contribution in [0, 0.1) is 6.92 Å². The summed E-state index contributed by atoms with van der Waals surface area (Å²) in [6.07, 6.45) is 0.